The molecule has 1 spiro atoms. The van der Waals surface area contributed by atoms with Crippen molar-refractivity contribution in [3.05, 3.63) is 65.5 Å². The van der Waals surface area contributed by atoms with Gasteiger partial charge in [0.05, 0.1) is 13.2 Å². The largest absolute Gasteiger partial charge is 0.490 e. The van der Waals surface area contributed by atoms with E-state index in [-0.39, 0.29) is 5.41 Å². The lowest BCUT2D eigenvalue weighted by Gasteiger charge is -2.40. The highest BCUT2D eigenvalue weighted by atomic mass is 19.4. The molecule has 1 aliphatic carbocycles. The van der Waals surface area contributed by atoms with Gasteiger partial charge < -0.3 is 19.8 Å². The number of piperidine rings is 1. The Labute approximate surface area is 249 Å². The number of amides is 1. The Bertz CT molecular complexity index is 1240. The van der Waals surface area contributed by atoms with Crippen LogP contribution in [0.1, 0.15) is 48.3 Å². The van der Waals surface area contributed by atoms with Crippen molar-refractivity contribution in [2.45, 2.75) is 55.9 Å². The average Bonchev–Trinajstić information content (AvgIpc) is 3.27. The number of rotatable bonds is 4. The molecule has 2 N–H and O–H groups in total. The summed E-state index contributed by atoms with van der Waals surface area (Å²) in [7, 11) is 0. The van der Waals surface area contributed by atoms with Gasteiger partial charge in [-0.1, -0.05) is 24.3 Å². The van der Waals surface area contributed by atoms with Gasteiger partial charge in [-0.3, -0.25) is 14.7 Å². The Hall–Kier alpha value is -3.72. The zero-order valence-corrected chi connectivity index (χ0v) is 23.6. The number of carbonyl (C=O) groups excluding carboxylic acids is 1. The van der Waals surface area contributed by atoms with Crippen LogP contribution in [0.25, 0.3) is 0 Å². The molecule has 44 heavy (non-hydrogen) atoms. The van der Waals surface area contributed by atoms with E-state index in [1.807, 2.05) is 17.3 Å². The zero-order chi connectivity index (χ0) is 32.5. The maximum atomic E-state index is 12.9. The van der Waals surface area contributed by atoms with Crippen LogP contribution in [-0.4, -0.2) is 94.6 Å². The summed E-state index contributed by atoms with van der Waals surface area (Å²) in [5, 5.41) is 14.2. The number of alkyl halides is 6. The van der Waals surface area contributed by atoms with Crippen LogP contribution in [0.2, 0.25) is 0 Å². The number of carbonyl (C=O) groups is 3. The van der Waals surface area contributed by atoms with E-state index in [0.717, 1.165) is 39.1 Å². The van der Waals surface area contributed by atoms with Crippen LogP contribution in [0, 0.1) is 0 Å². The third-order valence-electron chi connectivity index (χ3n) is 7.85. The van der Waals surface area contributed by atoms with Gasteiger partial charge in [-0.25, -0.2) is 9.59 Å². The number of morpholine rings is 1. The van der Waals surface area contributed by atoms with Crippen LogP contribution in [-0.2, 0) is 31.1 Å². The third-order valence-corrected chi connectivity index (χ3v) is 7.85. The van der Waals surface area contributed by atoms with Crippen molar-refractivity contribution in [1.82, 2.24) is 14.8 Å². The van der Waals surface area contributed by atoms with Gasteiger partial charge in [-0.2, -0.15) is 26.3 Å². The quantitative estimate of drug-likeness (QED) is 0.469. The fourth-order valence-corrected chi connectivity index (χ4v) is 5.72. The van der Waals surface area contributed by atoms with Crippen molar-refractivity contribution in [3.63, 3.8) is 0 Å². The van der Waals surface area contributed by atoms with Crippen molar-refractivity contribution in [2.24, 2.45) is 0 Å². The summed E-state index contributed by atoms with van der Waals surface area (Å²) in [6.45, 7) is 6.04. The van der Waals surface area contributed by atoms with Gasteiger partial charge in [-0.15, -0.1) is 0 Å². The molecule has 2 saturated heterocycles. The van der Waals surface area contributed by atoms with Crippen LogP contribution in [0.15, 0.2) is 48.8 Å². The molecule has 0 radical (unpaired) electrons. The Balaban J connectivity index is 0.000000317. The normalized spacial score (nSPS) is 19.6. The number of nitrogens with zero attached hydrogens (tertiary/aromatic N) is 3. The van der Waals surface area contributed by atoms with E-state index in [1.165, 1.54) is 29.5 Å². The Morgan fingerprint density at radius 3 is 1.91 bits per heavy atom. The number of hydrogen-bond acceptors (Lipinski definition) is 6. The number of fused-ring (bicyclic) bond motifs is 2. The topological polar surface area (TPSA) is 120 Å². The molecule has 2 aliphatic heterocycles. The summed E-state index contributed by atoms with van der Waals surface area (Å²) in [4.78, 5) is 39.4. The molecule has 3 aliphatic rings. The van der Waals surface area contributed by atoms with E-state index in [4.69, 9.17) is 24.5 Å². The van der Waals surface area contributed by atoms with Crippen LogP contribution in [0.5, 0.6) is 0 Å². The number of likely N-dealkylation sites (tertiary alicyclic amines) is 1. The van der Waals surface area contributed by atoms with Crippen molar-refractivity contribution in [1.29, 1.82) is 0 Å². The molecule has 1 atom stereocenters. The van der Waals surface area contributed by atoms with Crippen molar-refractivity contribution < 1.29 is 55.7 Å². The number of halogens is 6. The first-order chi connectivity index (χ1) is 20.6. The van der Waals surface area contributed by atoms with Crippen molar-refractivity contribution in [2.75, 3.05) is 39.4 Å². The summed E-state index contributed by atoms with van der Waals surface area (Å²) < 4.78 is 68.9. The summed E-state index contributed by atoms with van der Waals surface area (Å²) in [6, 6.07) is 13.1. The number of carboxylic acid groups (broad SMARTS) is 2. The molecule has 5 rings (SSSR count). The molecule has 3 heterocycles. The summed E-state index contributed by atoms with van der Waals surface area (Å²) in [5.74, 6) is -4.87. The number of aliphatic carboxylic acids is 2. The molecule has 15 heteroatoms. The minimum absolute atomic E-state index is 0.237. The Morgan fingerprint density at radius 1 is 0.864 bits per heavy atom. The molecule has 2 aromatic rings. The van der Waals surface area contributed by atoms with Gasteiger partial charge >= 0.3 is 24.3 Å². The number of benzene rings is 1. The minimum atomic E-state index is -5.08. The second-order valence-electron chi connectivity index (χ2n) is 10.7. The standard InChI is InChI=1S/C25H31N3O2.2C2HF3O2/c29-24(28-13-15-30-16-14-28)17-21-18-25(23-4-2-1-3-22(21)23)7-11-27(12-8-25)19-20-5-9-26-10-6-20;2*3-2(4,5)1(6)7/h1-6,9-10,21H,7-8,11-19H2;2*(H,6,7). The smallest absolute Gasteiger partial charge is 0.475 e. The average molecular weight is 634 g/mol. The number of carboxylic acids is 2. The van der Waals surface area contributed by atoms with Crippen molar-refractivity contribution in [3.8, 4) is 0 Å². The minimum Gasteiger partial charge on any atom is -0.475 e. The predicted octanol–water partition coefficient (Wildman–Crippen LogP) is 4.62. The maximum absolute atomic E-state index is 12.9. The fourth-order valence-electron chi connectivity index (χ4n) is 5.72. The summed E-state index contributed by atoms with van der Waals surface area (Å²) >= 11 is 0. The first-order valence-electron chi connectivity index (χ1n) is 13.8. The second kappa shape index (κ2) is 14.8. The van der Waals surface area contributed by atoms with Crippen LogP contribution >= 0.6 is 0 Å². The number of ether oxygens (including phenoxy) is 1. The molecular formula is C29H33F6N3O6. The predicted molar refractivity (Wildman–Crippen MR) is 144 cm³/mol. The lowest BCUT2D eigenvalue weighted by atomic mass is 9.73. The molecule has 9 nitrogen and oxygen atoms in total. The molecule has 1 unspecified atom stereocenters. The van der Waals surface area contributed by atoms with E-state index < -0.39 is 24.3 Å². The molecule has 0 saturated carbocycles. The van der Waals surface area contributed by atoms with E-state index in [2.05, 4.69) is 46.3 Å². The Kier molecular flexibility index (Phi) is 11.7. The molecule has 242 valence electrons. The summed E-state index contributed by atoms with van der Waals surface area (Å²) in [5.41, 5.74) is 4.50. The third kappa shape index (κ3) is 9.64. The van der Waals surface area contributed by atoms with Crippen molar-refractivity contribution >= 4 is 17.8 Å². The van der Waals surface area contributed by atoms with E-state index in [9.17, 15) is 31.1 Å². The van der Waals surface area contributed by atoms with Gasteiger partial charge in [0, 0.05) is 38.4 Å². The lowest BCUT2D eigenvalue weighted by molar-refractivity contribution is -0.193. The molecule has 2 fully saturated rings. The highest BCUT2D eigenvalue weighted by Crippen LogP contribution is 2.52. The second-order valence-corrected chi connectivity index (χ2v) is 10.7. The highest BCUT2D eigenvalue weighted by molar-refractivity contribution is 5.77. The molecule has 0 bridgehead atoms. The fraction of sp³-hybridized carbons (Fsp3) is 0.517. The van der Waals surface area contributed by atoms with Gasteiger partial charge in [0.1, 0.15) is 0 Å². The van der Waals surface area contributed by atoms with Gasteiger partial charge in [0.25, 0.3) is 0 Å². The SMILES string of the molecule is O=C(CC1CC2(CCN(Cc3ccncc3)CC2)c2ccccc21)N1CCOCC1.O=C(O)C(F)(F)F.O=C(O)C(F)(F)F. The maximum Gasteiger partial charge on any atom is 0.490 e. The van der Waals surface area contributed by atoms with Gasteiger partial charge in [0.15, 0.2) is 0 Å². The van der Waals surface area contributed by atoms with Crippen LogP contribution in [0.3, 0.4) is 0 Å². The Morgan fingerprint density at radius 2 is 1.39 bits per heavy atom. The number of pyridine rings is 1. The van der Waals surface area contributed by atoms with Crippen LogP contribution in [0.4, 0.5) is 26.3 Å². The highest BCUT2D eigenvalue weighted by Gasteiger charge is 2.46. The lowest BCUT2D eigenvalue weighted by Crippen LogP contribution is -2.42. The number of aromatic nitrogens is 1. The number of hydrogen-bond donors (Lipinski definition) is 2. The zero-order valence-electron chi connectivity index (χ0n) is 23.6. The van der Waals surface area contributed by atoms with E-state index in [0.29, 0.717) is 31.5 Å². The van der Waals surface area contributed by atoms with E-state index in [1.54, 1.807) is 0 Å². The van der Waals surface area contributed by atoms with Gasteiger partial charge in [-0.05, 0) is 72.5 Å². The first kappa shape index (κ1) is 34.8. The molecule has 1 aromatic heterocycles. The molecule has 1 aromatic carbocycles. The first-order valence-corrected chi connectivity index (χ1v) is 13.8. The monoisotopic (exact) mass is 633 g/mol. The van der Waals surface area contributed by atoms with Crippen LogP contribution < -0.4 is 0 Å². The molecular weight excluding hydrogens is 600 g/mol. The summed E-state index contributed by atoms with van der Waals surface area (Å²) in [6.07, 6.45) is -2.30. The van der Waals surface area contributed by atoms with E-state index >= 15 is 0 Å². The molecule has 1 amide bonds. The van der Waals surface area contributed by atoms with Gasteiger partial charge in [0.2, 0.25) is 5.91 Å².